The molecule has 1 aromatic rings. The molecule has 194 valence electrons. The number of carbonyl (C=O) groups is 2. The summed E-state index contributed by atoms with van der Waals surface area (Å²) < 4.78 is 10.6. The molecule has 0 aliphatic heterocycles. The molecule has 0 amide bonds. The van der Waals surface area contributed by atoms with Crippen molar-refractivity contribution in [3.63, 3.8) is 0 Å². The molecule has 0 heterocycles. The standard InChI is InChI=1S/C29H47ClO4/c1-2-3-4-5-6-7-10-13-18-24-33-28(31)21-14-11-8-9-12-15-22-29(32)34-25-23-26-19-16-17-20-27(26)30/h16-17,19-20H,2-15,18,21-25H2,1H3. The minimum absolute atomic E-state index is 0.0564. The summed E-state index contributed by atoms with van der Waals surface area (Å²) in [7, 11) is 0. The lowest BCUT2D eigenvalue weighted by atomic mass is 10.1. The average Bonchev–Trinajstić information content (AvgIpc) is 2.83. The van der Waals surface area contributed by atoms with E-state index in [4.69, 9.17) is 21.1 Å². The number of hydrogen-bond donors (Lipinski definition) is 0. The normalized spacial score (nSPS) is 10.9. The smallest absolute Gasteiger partial charge is 0.305 e. The van der Waals surface area contributed by atoms with Crippen LogP contribution in [-0.2, 0) is 25.5 Å². The van der Waals surface area contributed by atoms with E-state index < -0.39 is 0 Å². The highest BCUT2D eigenvalue weighted by atomic mass is 35.5. The van der Waals surface area contributed by atoms with Crippen molar-refractivity contribution in [1.82, 2.24) is 0 Å². The predicted octanol–water partition coefficient (Wildman–Crippen LogP) is 8.62. The molecule has 0 N–H and O–H groups in total. The summed E-state index contributed by atoms with van der Waals surface area (Å²) in [6.45, 7) is 3.19. The van der Waals surface area contributed by atoms with Crippen LogP contribution in [0.15, 0.2) is 24.3 Å². The zero-order valence-corrected chi connectivity index (χ0v) is 22.2. The van der Waals surface area contributed by atoms with Gasteiger partial charge in [-0.25, -0.2) is 0 Å². The summed E-state index contributed by atoms with van der Waals surface area (Å²) in [6, 6.07) is 7.63. The fourth-order valence-electron chi connectivity index (χ4n) is 3.96. The van der Waals surface area contributed by atoms with Crippen LogP contribution >= 0.6 is 11.6 Å². The molecule has 0 bridgehead atoms. The van der Waals surface area contributed by atoms with E-state index in [9.17, 15) is 9.59 Å². The lowest BCUT2D eigenvalue weighted by molar-refractivity contribution is -0.144. The minimum Gasteiger partial charge on any atom is -0.466 e. The Morgan fingerprint density at radius 2 is 1.12 bits per heavy atom. The maximum atomic E-state index is 11.8. The Hall–Kier alpha value is -1.55. The lowest BCUT2D eigenvalue weighted by Crippen LogP contribution is -2.07. The number of ether oxygens (including phenoxy) is 2. The molecule has 34 heavy (non-hydrogen) atoms. The van der Waals surface area contributed by atoms with Crippen LogP contribution in [0.4, 0.5) is 0 Å². The van der Waals surface area contributed by atoms with Gasteiger partial charge in [0.15, 0.2) is 0 Å². The highest BCUT2D eigenvalue weighted by Gasteiger charge is 2.05. The van der Waals surface area contributed by atoms with E-state index >= 15 is 0 Å². The Kier molecular flexibility index (Phi) is 19.7. The third-order valence-corrected chi connectivity index (χ3v) is 6.48. The molecule has 0 spiro atoms. The zero-order valence-electron chi connectivity index (χ0n) is 21.5. The van der Waals surface area contributed by atoms with E-state index in [1.165, 1.54) is 44.9 Å². The number of rotatable bonds is 22. The van der Waals surface area contributed by atoms with Gasteiger partial charge < -0.3 is 9.47 Å². The largest absolute Gasteiger partial charge is 0.466 e. The van der Waals surface area contributed by atoms with E-state index in [0.717, 1.165) is 56.9 Å². The second-order valence-electron chi connectivity index (χ2n) is 9.23. The molecule has 0 atom stereocenters. The molecule has 0 aromatic heterocycles. The van der Waals surface area contributed by atoms with Crippen molar-refractivity contribution in [3.05, 3.63) is 34.9 Å². The van der Waals surface area contributed by atoms with Crippen molar-refractivity contribution in [2.24, 2.45) is 0 Å². The van der Waals surface area contributed by atoms with Crippen LogP contribution in [0.1, 0.15) is 122 Å². The molecule has 1 aromatic carbocycles. The minimum atomic E-state index is -0.137. The van der Waals surface area contributed by atoms with Crippen molar-refractivity contribution in [2.45, 2.75) is 122 Å². The number of halogens is 1. The molecule has 0 aliphatic carbocycles. The number of hydrogen-bond acceptors (Lipinski definition) is 4. The van der Waals surface area contributed by atoms with E-state index in [2.05, 4.69) is 6.92 Å². The SMILES string of the molecule is CCCCCCCCCCCOC(=O)CCCCCCCCC(=O)OCCc1ccccc1Cl. The topological polar surface area (TPSA) is 52.6 Å². The van der Waals surface area contributed by atoms with Gasteiger partial charge in [0.05, 0.1) is 13.2 Å². The van der Waals surface area contributed by atoms with Crippen LogP contribution < -0.4 is 0 Å². The number of benzene rings is 1. The molecule has 4 nitrogen and oxygen atoms in total. The van der Waals surface area contributed by atoms with Crippen molar-refractivity contribution in [1.29, 1.82) is 0 Å². The van der Waals surface area contributed by atoms with Gasteiger partial charge in [-0.05, 0) is 30.9 Å². The van der Waals surface area contributed by atoms with Crippen molar-refractivity contribution in [2.75, 3.05) is 13.2 Å². The van der Waals surface area contributed by atoms with Gasteiger partial charge in [-0.1, -0.05) is 114 Å². The Morgan fingerprint density at radius 1 is 0.647 bits per heavy atom. The highest BCUT2D eigenvalue weighted by molar-refractivity contribution is 6.31. The van der Waals surface area contributed by atoms with Gasteiger partial charge in [0.2, 0.25) is 0 Å². The Bertz CT molecular complexity index is 647. The van der Waals surface area contributed by atoms with Gasteiger partial charge >= 0.3 is 11.9 Å². The van der Waals surface area contributed by atoms with E-state index in [1.807, 2.05) is 24.3 Å². The first-order chi connectivity index (χ1) is 16.6. The van der Waals surface area contributed by atoms with E-state index in [-0.39, 0.29) is 11.9 Å². The average molecular weight is 495 g/mol. The van der Waals surface area contributed by atoms with Crippen LogP contribution in [-0.4, -0.2) is 25.2 Å². The Balaban J connectivity index is 1.82. The first-order valence-corrected chi connectivity index (χ1v) is 14.1. The molecule has 1 rings (SSSR count). The molecular formula is C29H47ClO4. The zero-order chi connectivity index (χ0) is 24.7. The van der Waals surface area contributed by atoms with Crippen LogP contribution in [0.5, 0.6) is 0 Å². The molecule has 0 aliphatic rings. The van der Waals surface area contributed by atoms with Crippen molar-refractivity contribution in [3.8, 4) is 0 Å². The Morgan fingerprint density at radius 3 is 1.68 bits per heavy atom. The molecule has 0 fully saturated rings. The van der Waals surface area contributed by atoms with Gasteiger partial charge in [-0.3, -0.25) is 9.59 Å². The fraction of sp³-hybridized carbons (Fsp3) is 0.724. The maximum absolute atomic E-state index is 11.8. The molecule has 0 saturated carbocycles. The second-order valence-corrected chi connectivity index (χ2v) is 9.64. The summed E-state index contributed by atoms with van der Waals surface area (Å²) in [6.07, 6.45) is 19.1. The quantitative estimate of drug-likeness (QED) is 0.119. The van der Waals surface area contributed by atoms with Crippen molar-refractivity contribution >= 4 is 23.5 Å². The summed E-state index contributed by atoms with van der Waals surface area (Å²) in [4.78, 5) is 23.6. The van der Waals surface area contributed by atoms with E-state index in [1.54, 1.807) is 0 Å². The maximum Gasteiger partial charge on any atom is 0.305 e. The van der Waals surface area contributed by atoms with Gasteiger partial charge in [0.25, 0.3) is 0 Å². The van der Waals surface area contributed by atoms with Crippen LogP contribution in [0, 0.1) is 0 Å². The van der Waals surface area contributed by atoms with Gasteiger partial charge in [0, 0.05) is 24.3 Å². The van der Waals surface area contributed by atoms with Crippen LogP contribution in [0.25, 0.3) is 0 Å². The first-order valence-electron chi connectivity index (χ1n) is 13.7. The molecule has 0 saturated heterocycles. The molecule has 0 unspecified atom stereocenters. The fourth-order valence-corrected chi connectivity index (χ4v) is 4.20. The molecule has 5 heteroatoms. The number of esters is 2. The summed E-state index contributed by atoms with van der Waals surface area (Å²) in [5, 5.41) is 0.714. The second kappa shape index (κ2) is 21.9. The summed E-state index contributed by atoms with van der Waals surface area (Å²) in [5.74, 6) is -0.194. The highest BCUT2D eigenvalue weighted by Crippen LogP contribution is 2.16. The van der Waals surface area contributed by atoms with Gasteiger partial charge in [-0.15, -0.1) is 0 Å². The van der Waals surface area contributed by atoms with Gasteiger partial charge in [0.1, 0.15) is 0 Å². The molecule has 0 radical (unpaired) electrons. The molecular weight excluding hydrogens is 448 g/mol. The Labute approximate surface area is 213 Å². The lowest BCUT2D eigenvalue weighted by Gasteiger charge is -2.07. The number of unbranched alkanes of at least 4 members (excludes halogenated alkanes) is 13. The van der Waals surface area contributed by atoms with E-state index in [0.29, 0.717) is 37.5 Å². The first kappa shape index (κ1) is 30.5. The summed E-state index contributed by atoms with van der Waals surface area (Å²) in [5.41, 5.74) is 1.00. The third kappa shape index (κ3) is 17.9. The van der Waals surface area contributed by atoms with Crippen molar-refractivity contribution < 1.29 is 19.1 Å². The van der Waals surface area contributed by atoms with Crippen LogP contribution in [0.2, 0.25) is 5.02 Å². The summed E-state index contributed by atoms with van der Waals surface area (Å²) >= 11 is 6.10. The monoisotopic (exact) mass is 494 g/mol. The van der Waals surface area contributed by atoms with Gasteiger partial charge in [-0.2, -0.15) is 0 Å². The third-order valence-electron chi connectivity index (χ3n) is 6.12. The van der Waals surface area contributed by atoms with Crippen LogP contribution in [0.3, 0.4) is 0 Å². The number of carbonyl (C=O) groups excluding carboxylic acids is 2. The predicted molar refractivity (Wildman–Crippen MR) is 141 cm³/mol.